The number of aliphatic hydroxyl groups excluding tert-OH is 2. The van der Waals surface area contributed by atoms with Crippen molar-refractivity contribution in [2.75, 3.05) is 6.61 Å². The summed E-state index contributed by atoms with van der Waals surface area (Å²) in [5.74, 6) is -2.00. The molecular formula is C21H26O5. The smallest absolute Gasteiger partial charge is 0.220 e. The predicted molar refractivity (Wildman–Crippen MR) is 97.3 cm³/mol. The van der Waals surface area contributed by atoms with Crippen molar-refractivity contribution in [3.8, 4) is 0 Å². The lowest BCUT2D eigenvalue weighted by Gasteiger charge is -2.44. The first-order valence-electron chi connectivity index (χ1n) is 9.03. The maximum Gasteiger partial charge on any atom is 0.220 e. The van der Waals surface area contributed by atoms with Gasteiger partial charge in [-0.25, -0.2) is 0 Å². The highest BCUT2D eigenvalue weighted by Gasteiger charge is 2.48. The van der Waals surface area contributed by atoms with Crippen LogP contribution >= 0.6 is 0 Å². The summed E-state index contributed by atoms with van der Waals surface area (Å²) in [7, 11) is 0. The van der Waals surface area contributed by atoms with Gasteiger partial charge in [-0.3, -0.25) is 0 Å². The lowest BCUT2D eigenvalue weighted by molar-refractivity contribution is -0.397. The maximum absolute atomic E-state index is 10.5. The number of hydrogen-bond acceptors (Lipinski definition) is 5. The molecule has 0 radical (unpaired) electrons. The first-order chi connectivity index (χ1) is 12.6. The average Bonchev–Trinajstić information content (AvgIpc) is 2.69. The molecular weight excluding hydrogens is 332 g/mol. The number of rotatable bonds is 7. The Kier molecular flexibility index (Phi) is 6.40. The van der Waals surface area contributed by atoms with Gasteiger partial charge in [0.15, 0.2) is 6.29 Å². The molecule has 1 saturated heterocycles. The number of aryl methyl sites for hydroxylation is 2. The third-order valence-electron chi connectivity index (χ3n) is 4.77. The molecule has 26 heavy (non-hydrogen) atoms. The van der Waals surface area contributed by atoms with Crippen LogP contribution in [0.2, 0.25) is 0 Å². The molecule has 2 aromatic carbocycles. The summed E-state index contributed by atoms with van der Waals surface area (Å²) in [5, 5.41) is 30.4. The molecule has 2 aromatic rings. The van der Waals surface area contributed by atoms with Crippen LogP contribution in [0.3, 0.4) is 0 Å². The van der Waals surface area contributed by atoms with Gasteiger partial charge in [0, 0.05) is 6.42 Å². The average molecular weight is 358 g/mol. The monoisotopic (exact) mass is 358 g/mol. The van der Waals surface area contributed by atoms with Crippen molar-refractivity contribution in [1.82, 2.24) is 0 Å². The third-order valence-corrected chi connectivity index (χ3v) is 4.77. The molecule has 0 aliphatic carbocycles. The fraction of sp³-hybridized carbons (Fsp3) is 0.429. The van der Waals surface area contributed by atoms with Gasteiger partial charge >= 0.3 is 0 Å². The van der Waals surface area contributed by atoms with Gasteiger partial charge in [0.05, 0.1) is 12.7 Å². The van der Waals surface area contributed by atoms with Gasteiger partial charge in [-0.15, -0.1) is 0 Å². The van der Waals surface area contributed by atoms with Crippen molar-refractivity contribution in [3.63, 3.8) is 0 Å². The van der Waals surface area contributed by atoms with Crippen LogP contribution in [-0.4, -0.2) is 46.2 Å². The molecule has 1 fully saturated rings. The zero-order valence-electron chi connectivity index (χ0n) is 14.7. The van der Waals surface area contributed by atoms with E-state index in [4.69, 9.17) is 9.47 Å². The first-order valence-corrected chi connectivity index (χ1v) is 9.03. The van der Waals surface area contributed by atoms with Crippen LogP contribution in [0.5, 0.6) is 0 Å². The second-order valence-electron chi connectivity index (χ2n) is 6.72. The van der Waals surface area contributed by atoms with Crippen molar-refractivity contribution >= 4 is 0 Å². The minimum Gasteiger partial charge on any atom is -0.391 e. The van der Waals surface area contributed by atoms with E-state index in [1.165, 1.54) is 0 Å². The predicted octanol–water partition coefficient (Wildman–Crippen LogP) is 2.04. The van der Waals surface area contributed by atoms with Gasteiger partial charge in [-0.05, 0) is 30.4 Å². The highest BCUT2D eigenvalue weighted by molar-refractivity contribution is 5.15. The van der Waals surface area contributed by atoms with E-state index in [0.717, 1.165) is 11.1 Å². The van der Waals surface area contributed by atoms with Crippen LogP contribution in [0.25, 0.3) is 0 Å². The van der Waals surface area contributed by atoms with Crippen molar-refractivity contribution in [2.45, 2.75) is 50.0 Å². The summed E-state index contributed by atoms with van der Waals surface area (Å²) in [6.07, 6.45) is -0.119. The Morgan fingerprint density at radius 3 is 1.92 bits per heavy atom. The van der Waals surface area contributed by atoms with E-state index in [9.17, 15) is 15.3 Å². The SMILES string of the molecule is OC[C@]1(O)O[C@H](CCc2ccccc2)O[C@H](CCc2ccccc2)[C@@H]1O. The summed E-state index contributed by atoms with van der Waals surface area (Å²) in [6.45, 7) is -0.679. The first kappa shape index (κ1) is 19.0. The topological polar surface area (TPSA) is 79.2 Å². The molecule has 0 aromatic heterocycles. The second kappa shape index (κ2) is 8.75. The Morgan fingerprint density at radius 1 is 0.846 bits per heavy atom. The number of aliphatic hydroxyl groups is 3. The normalized spacial score (nSPS) is 28.8. The fourth-order valence-corrected chi connectivity index (χ4v) is 3.25. The van der Waals surface area contributed by atoms with Crippen molar-refractivity contribution in [1.29, 1.82) is 0 Å². The van der Waals surface area contributed by atoms with E-state index in [2.05, 4.69) is 0 Å². The number of benzene rings is 2. The molecule has 5 nitrogen and oxygen atoms in total. The molecule has 0 amide bonds. The zero-order valence-corrected chi connectivity index (χ0v) is 14.7. The molecule has 0 saturated carbocycles. The van der Waals surface area contributed by atoms with E-state index in [1.807, 2.05) is 60.7 Å². The molecule has 1 aliphatic heterocycles. The molecule has 3 N–H and O–H groups in total. The van der Waals surface area contributed by atoms with Crippen LogP contribution in [0.4, 0.5) is 0 Å². The van der Waals surface area contributed by atoms with Crippen LogP contribution in [-0.2, 0) is 22.3 Å². The largest absolute Gasteiger partial charge is 0.391 e. The summed E-state index contributed by atoms with van der Waals surface area (Å²) in [6, 6.07) is 19.8. The molecule has 1 aliphatic rings. The Bertz CT molecular complexity index is 663. The Hall–Kier alpha value is -1.76. The molecule has 1 heterocycles. The van der Waals surface area contributed by atoms with Gasteiger partial charge in [-0.1, -0.05) is 60.7 Å². The summed E-state index contributed by atoms with van der Waals surface area (Å²) in [5.41, 5.74) is 2.27. The van der Waals surface area contributed by atoms with Crippen molar-refractivity contribution in [2.24, 2.45) is 0 Å². The van der Waals surface area contributed by atoms with E-state index < -0.39 is 30.9 Å². The van der Waals surface area contributed by atoms with Crippen molar-refractivity contribution in [3.05, 3.63) is 71.8 Å². The molecule has 5 heteroatoms. The van der Waals surface area contributed by atoms with E-state index in [1.54, 1.807) is 0 Å². The second-order valence-corrected chi connectivity index (χ2v) is 6.72. The van der Waals surface area contributed by atoms with Gasteiger partial charge in [0.25, 0.3) is 0 Å². The molecule has 0 bridgehead atoms. The summed E-state index contributed by atoms with van der Waals surface area (Å²) >= 11 is 0. The Morgan fingerprint density at radius 2 is 1.38 bits per heavy atom. The van der Waals surface area contributed by atoms with Gasteiger partial charge in [-0.2, -0.15) is 0 Å². The van der Waals surface area contributed by atoms with Crippen LogP contribution in [0.1, 0.15) is 24.0 Å². The lowest BCUT2D eigenvalue weighted by atomic mass is 9.96. The van der Waals surface area contributed by atoms with E-state index in [0.29, 0.717) is 25.7 Å². The minimum atomic E-state index is -2.00. The van der Waals surface area contributed by atoms with Crippen molar-refractivity contribution < 1.29 is 24.8 Å². The van der Waals surface area contributed by atoms with Crippen LogP contribution in [0, 0.1) is 0 Å². The van der Waals surface area contributed by atoms with E-state index in [-0.39, 0.29) is 0 Å². The third kappa shape index (κ3) is 4.69. The highest BCUT2D eigenvalue weighted by atomic mass is 16.8. The molecule has 4 atom stereocenters. The number of ether oxygens (including phenoxy) is 2. The minimum absolute atomic E-state index is 0.526. The summed E-state index contributed by atoms with van der Waals surface area (Å²) < 4.78 is 11.4. The fourth-order valence-electron chi connectivity index (χ4n) is 3.25. The van der Waals surface area contributed by atoms with Gasteiger partial charge in [0.1, 0.15) is 6.10 Å². The standard InChI is InChI=1S/C21H26O5/c22-15-21(24)20(23)18(13-11-16-7-3-1-4-8-16)25-19(26-21)14-12-17-9-5-2-6-10-17/h1-10,18-20,22-24H,11-15H2/t18-,19-,20+,21+/m1/s1. The molecule has 0 unspecified atom stereocenters. The maximum atomic E-state index is 10.5. The summed E-state index contributed by atoms with van der Waals surface area (Å²) in [4.78, 5) is 0. The lowest BCUT2D eigenvalue weighted by Crippen LogP contribution is -2.61. The quantitative estimate of drug-likeness (QED) is 0.706. The molecule has 3 rings (SSSR count). The highest BCUT2D eigenvalue weighted by Crippen LogP contribution is 2.30. The van der Waals surface area contributed by atoms with Gasteiger partial charge < -0.3 is 24.8 Å². The zero-order chi connectivity index (χ0) is 18.4. The Balaban J connectivity index is 1.63. The van der Waals surface area contributed by atoms with E-state index >= 15 is 0 Å². The van der Waals surface area contributed by atoms with Gasteiger partial charge in [0.2, 0.25) is 5.79 Å². The molecule has 0 spiro atoms. The van der Waals surface area contributed by atoms with Crippen LogP contribution in [0.15, 0.2) is 60.7 Å². The number of hydrogen-bond donors (Lipinski definition) is 3. The van der Waals surface area contributed by atoms with Crippen LogP contribution < -0.4 is 0 Å². The Labute approximate surface area is 153 Å². The molecule has 140 valence electrons.